The lowest BCUT2D eigenvalue weighted by Crippen LogP contribution is -2.32. The van der Waals surface area contributed by atoms with E-state index in [0.29, 0.717) is 18.3 Å². The van der Waals surface area contributed by atoms with Crippen LogP contribution in [0.1, 0.15) is 34.9 Å². The summed E-state index contributed by atoms with van der Waals surface area (Å²) in [6, 6.07) is 10.0. The highest BCUT2D eigenvalue weighted by atomic mass is 35.5. The Kier molecular flexibility index (Phi) is 7.28. The molecule has 25 heavy (non-hydrogen) atoms. The molecule has 2 heterocycles. The number of carbonyl (C=O) groups is 1. The molecule has 136 valence electrons. The summed E-state index contributed by atoms with van der Waals surface area (Å²) in [6.07, 6.45) is 4.93. The summed E-state index contributed by atoms with van der Waals surface area (Å²) in [5, 5.41) is 10.7. The van der Waals surface area contributed by atoms with Gasteiger partial charge in [0.25, 0.3) is 5.91 Å². The quantitative estimate of drug-likeness (QED) is 0.824. The first kappa shape index (κ1) is 19.3. The van der Waals surface area contributed by atoms with Gasteiger partial charge in [0.2, 0.25) is 0 Å². The molecule has 0 radical (unpaired) electrons. The van der Waals surface area contributed by atoms with Gasteiger partial charge in [-0.25, -0.2) is 0 Å². The van der Waals surface area contributed by atoms with Crippen LogP contribution in [0.3, 0.4) is 0 Å². The van der Waals surface area contributed by atoms with Gasteiger partial charge in [-0.15, -0.1) is 12.4 Å². The minimum Gasteiger partial charge on any atom is -0.497 e. The van der Waals surface area contributed by atoms with Gasteiger partial charge < -0.3 is 15.4 Å². The average Bonchev–Trinajstić information content (AvgIpc) is 3.13. The summed E-state index contributed by atoms with van der Waals surface area (Å²) in [4.78, 5) is 12.2. The maximum absolute atomic E-state index is 12.2. The van der Waals surface area contributed by atoms with Gasteiger partial charge in [0.1, 0.15) is 11.4 Å². The van der Waals surface area contributed by atoms with Gasteiger partial charge >= 0.3 is 0 Å². The third-order valence-electron chi connectivity index (χ3n) is 4.34. The molecule has 7 heteroatoms. The Labute approximate surface area is 154 Å². The van der Waals surface area contributed by atoms with Crippen molar-refractivity contribution in [1.29, 1.82) is 0 Å². The monoisotopic (exact) mass is 364 g/mol. The Bertz CT molecular complexity index is 666. The fraction of sp³-hybridized carbons (Fsp3) is 0.444. The predicted molar refractivity (Wildman–Crippen MR) is 99.6 cm³/mol. The van der Waals surface area contributed by atoms with Gasteiger partial charge in [0.05, 0.1) is 13.2 Å². The van der Waals surface area contributed by atoms with Crippen LogP contribution in [0.5, 0.6) is 5.75 Å². The van der Waals surface area contributed by atoms with Gasteiger partial charge in [-0.3, -0.25) is 9.48 Å². The lowest BCUT2D eigenvalue weighted by atomic mass is 10.1. The number of amides is 1. The second-order valence-corrected chi connectivity index (χ2v) is 6.04. The molecule has 2 N–H and O–H groups in total. The van der Waals surface area contributed by atoms with Crippen LogP contribution in [-0.2, 0) is 6.42 Å². The minimum atomic E-state index is -0.119. The molecule has 1 saturated heterocycles. The van der Waals surface area contributed by atoms with E-state index in [1.54, 1.807) is 13.2 Å². The van der Waals surface area contributed by atoms with E-state index in [1.807, 2.05) is 35.1 Å². The summed E-state index contributed by atoms with van der Waals surface area (Å²) in [5.41, 5.74) is 1.64. The van der Waals surface area contributed by atoms with Crippen LogP contribution in [0.2, 0.25) is 0 Å². The maximum atomic E-state index is 12.2. The summed E-state index contributed by atoms with van der Waals surface area (Å²) >= 11 is 0. The SMILES string of the molecule is COc1ccc(CCNC(=O)c2ccn(C3CCCNC3)n2)cc1.Cl. The third kappa shape index (κ3) is 5.21. The number of aromatic nitrogens is 2. The Hall–Kier alpha value is -2.05. The van der Waals surface area contributed by atoms with Crippen molar-refractivity contribution in [2.75, 3.05) is 26.7 Å². The first-order valence-electron chi connectivity index (χ1n) is 8.43. The molecule has 0 saturated carbocycles. The first-order chi connectivity index (χ1) is 11.8. The summed E-state index contributed by atoms with van der Waals surface area (Å²) in [6.45, 7) is 2.57. The van der Waals surface area contributed by atoms with E-state index in [0.717, 1.165) is 43.7 Å². The molecule has 3 rings (SSSR count). The van der Waals surface area contributed by atoms with E-state index >= 15 is 0 Å². The van der Waals surface area contributed by atoms with Crippen molar-refractivity contribution in [3.8, 4) is 5.75 Å². The number of nitrogens with one attached hydrogen (secondary N) is 2. The topological polar surface area (TPSA) is 68.2 Å². The molecule has 1 fully saturated rings. The van der Waals surface area contributed by atoms with Crippen LogP contribution in [0.15, 0.2) is 36.5 Å². The maximum Gasteiger partial charge on any atom is 0.271 e. The number of rotatable bonds is 6. The van der Waals surface area contributed by atoms with Gasteiger partial charge in [-0.2, -0.15) is 5.10 Å². The number of nitrogens with zero attached hydrogens (tertiary/aromatic N) is 2. The smallest absolute Gasteiger partial charge is 0.271 e. The van der Waals surface area contributed by atoms with E-state index in [2.05, 4.69) is 15.7 Å². The molecule has 1 aliphatic rings. The van der Waals surface area contributed by atoms with Crippen LogP contribution in [0.4, 0.5) is 0 Å². The Morgan fingerprint density at radius 3 is 2.84 bits per heavy atom. The fourth-order valence-corrected chi connectivity index (χ4v) is 2.92. The number of benzene rings is 1. The highest BCUT2D eigenvalue weighted by molar-refractivity contribution is 5.92. The number of carbonyl (C=O) groups excluding carboxylic acids is 1. The molecule has 1 aromatic carbocycles. The van der Waals surface area contributed by atoms with Crippen molar-refractivity contribution in [2.45, 2.75) is 25.3 Å². The van der Waals surface area contributed by atoms with Gasteiger partial charge in [0, 0.05) is 19.3 Å². The average molecular weight is 365 g/mol. The van der Waals surface area contributed by atoms with Crippen molar-refractivity contribution >= 4 is 18.3 Å². The molecule has 0 aliphatic carbocycles. The highest BCUT2D eigenvalue weighted by Gasteiger charge is 2.17. The predicted octanol–water partition coefficient (Wildman–Crippen LogP) is 2.21. The molecular weight excluding hydrogens is 340 g/mol. The minimum absolute atomic E-state index is 0. The van der Waals surface area contributed by atoms with Crippen LogP contribution in [0, 0.1) is 0 Å². The zero-order valence-electron chi connectivity index (χ0n) is 14.4. The number of halogens is 1. The molecule has 0 spiro atoms. The van der Waals surface area contributed by atoms with Crippen molar-refractivity contribution in [2.24, 2.45) is 0 Å². The summed E-state index contributed by atoms with van der Waals surface area (Å²) < 4.78 is 7.04. The van der Waals surface area contributed by atoms with Crippen molar-refractivity contribution in [3.63, 3.8) is 0 Å². The lowest BCUT2D eigenvalue weighted by Gasteiger charge is -2.22. The molecule has 1 unspecified atom stereocenters. The zero-order chi connectivity index (χ0) is 16.8. The number of piperidine rings is 1. The molecule has 0 bridgehead atoms. The number of hydrogen-bond acceptors (Lipinski definition) is 4. The van der Waals surface area contributed by atoms with Crippen LogP contribution < -0.4 is 15.4 Å². The van der Waals surface area contributed by atoms with E-state index in [4.69, 9.17) is 4.74 Å². The van der Waals surface area contributed by atoms with Crippen molar-refractivity contribution < 1.29 is 9.53 Å². The molecule has 2 aromatic rings. The van der Waals surface area contributed by atoms with Crippen LogP contribution in [0.25, 0.3) is 0 Å². The van der Waals surface area contributed by atoms with E-state index in [1.165, 1.54) is 0 Å². The molecule has 1 aliphatic heterocycles. The van der Waals surface area contributed by atoms with Gasteiger partial charge in [0.15, 0.2) is 0 Å². The number of methoxy groups -OCH3 is 1. The van der Waals surface area contributed by atoms with E-state index in [-0.39, 0.29) is 18.3 Å². The largest absolute Gasteiger partial charge is 0.497 e. The van der Waals surface area contributed by atoms with Gasteiger partial charge in [-0.05, 0) is 49.6 Å². The van der Waals surface area contributed by atoms with Gasteiger partial charge in [-0.1, -0.05) is 12.1 Å². The Balaban J connectivity index is 0.00000225. The second kappa shape index (κ2) is 9.44. The third-order valence-corrected chi connectivity index (χ3v) is 4.34. The molecule has 1 amide bonds. The zero-order valence-corrected chi connectivity index (χ0v) is 15.2. The second-order valence-electron chi connectivity index (χ2n) is 6.04. The molecule has 1 aromatic heterocycles. The van der Waals surface area contributed by atoms with Crippen LogP contribution in [-0.4, -0.2) is 42.4 Å². The number of hydrogen-bond donors (Lipinski definition) is 2. The highest BCUT2D eigenvalue weighted by Crippen LogP contribution is 2.15. The Morgan fingerprint density at radius 1 is 1.36 bits per heavy atom. The molecule has 6 nitrogen and oxygen atoms in total. The fourth-order valence-electron chi connectivity index (χ4n) is 2.92. The first-order valence-corrected chi connectivity index (χ1v) is 8.43. The summed E-state index contributed by atoms with van der Waals surface area (Å²) in [5.74, 6) is 0.719. The standard InChI is InChI=1S/C18H24N4O2.ClH/c1-24-16-6-4-14(5-7-16)8-11-20-18(23)17-9-12-22(21-17)15-3-2-10-19-13-15;/h4-7,9,12,15,19H,2-3,8,10-11,13H2,1H3,(H,20,23);1H. The number of ether oxygens (including phenoxy) is 1. The molecular formula is C18H25ClN4O2. The van der Waals surface area contributed by atoms with Crippen LogP contribution >= 0.6 is 12.4 Å². The van der Waals surface area contributed by atoms with E-state index in [9.17, 15) is 4.79 Å². The summed E-state index contributed by atoms with van der Waals surface area (Å²) in [7, 11) is 1.65. The van der Waals surface area contributed by atoms with E-state index < -0.39 is 0 Å². The lowest BCUT2D eigenvalue weighted by molar-refractivity contribution is 0.0947. The molecule has 1 atom stereocenters. The van der Waals surface area contributed by atoms with Crippen molar-refractivity contribution in [3.05, 3.63) is 47.8 Å². The normalized spacial score (nSPS) is 16.8. The van der Waals surface area contributed by atoms with Crippen molar-refractivity contribution in [1.82, 2.24) is 20.4 Å². The Morgan fingerprint density at radius 2 is 2.16 bits per heavy atom.